The van der Waals surface area contributed by atoms with Crippen LogP contribution < -0.4 is 5.32 Å². The fourth-order valence-corrected chi connectivity index (χ4v) is 0.898. The quantitative estimate of drug-likeness (QED) is 0.687. The van der Waals surface area contributed by atoms with Gasteiger partial charge in [-0.2, -0.15) is 5.10 Å². The molecule has 2 atom stereocenters. The molecule has 0 spiro atoms. The van der Waals surface area contributed by atoms with Crippen LogP contribution in [0.15, 0.2) is 12.7 Å². The Bertz CT molecular complexity index is 194. The molecular formula is C7H14N4. The summed E-state index contributed by atoms with van der Waals surface area (Å²) in [6.45, 7) is 4.22. The van der Waals surface area contributed by atoms with Gasteiger partial charge < -0.3 is 5.32 Å². The highest BCUT2D eigenvalue weighted by Gasteiger charge is 2.11. The van der Waals surface area contributed by atoms with E-state index in [1.165, 1.54) is 0 Å². The zero-order valence-electron chi connectivity index (χ0n) is 7.15. The van der Waals surface area contributed by atoms with Gasteiger partial charge in [-0.05, 0) is 20.9 Å². The highest BCUT2D eigenvalue weighted by molar-refractivity contribution is 4.72. The van der Waals surface area contributed by atoms with Gasteiger partial charge >= 0.3 is 0 Å². The molecule has 2 unspecified atom stereocenters. The van der Waals surface area contributed by atoms with Gasteiger partial charge in [0, 0.05) is 6.04 Å². The number of nitrogens with one attached hydrogen (secondary N) is 1. The molecule has 1 N–H and O–H groups in total. The lowest BCUT2D eigenvalue weighted by Crippen LogP contribution is -2.30. The summed E-state index contributed by atoms with van der Waals surface area (Å²) in [5, 5.41) is 7.22. The van der Waals surface area contributed by atoms with Crippen molar-refractivity contribution in [3.63, 3.8) is 0 Å². The maximum atomic E-state index is 4.05. The van der Waals surface area contributed by atoms with Crippen LogP contribution in [-0.4, -0.2) is 27.9 Å². The van der Waals surface area contributed by atoms with E-state index in [0.717, 1.165) is 0 Å². The highest BCUT2D eigenvalue weighted by atomic mass is 15.3. The molecule has 1 aromatic heterocycles. The summed E-state index contributed by atoms with van der Waals surface area (Å²) in [5.74, 6) is 0. The van der Waals surface area contributed by atoms with E-state index in [9.17, 15) is 0 Å². The molecule has 0 saturated carbocycles. The lowest BCUT2D eigenvalue weighted by molar-refractivity contribution is 0.383. The molecule has 4 heteroatoms. The SMILES string of the molecule is CNC(C)C(C)n1cncn1. The molecule has 0 amide bonds. The van der Waals surface area contributed by atoms with Gasteiger partial charge in [0.2, 0.25) is 0 Å². The van der Waals surface area contributed by atoms with Gasteiger partial charge in [-0.25, -0.2) is 9.67 Å². The Labute approximate surface area is 66.6 Å². The standard InChI is InChI=1S/C7H14N4/c1-6(8-3)7(2)11-5-9-4-10-11/h4-8H,1-3H3. The molecule has 0 aliphatic carbocycles. The van der Waals surface area contributed by atoms with E-state index in [2.05, 4.69) is 29.2 Å². The molecule has 0 bridgehead atoms. The van der Waals surface area contributed by atoms with Crippen LogP contribution in [0, 0.1) is 0 Å². The molecule has 0 radical (unpaired) electrons. The maximum Gasteiger partial charge on any atom is 0.137 e. The van der Waals surface area contributed by atoms with Crippen molar-refractivity contribution >= 4 is 0 Å². The lowest BCUT2D eigenvalue weighted by atomic mass is 10.2. The summed E-state index contributed by atoms with van der Waals surface area (Å²) in [4.78, 5) is 3.88. The molecule has 0 aromatic carbocycles. The second-order valence-corrected chi connectivity index (χ2v) is 2.69. The maximum absolute atomic E-state index is 4.05. The van der Waals surface area contributed by atoms with Crippen LogP contribution in [0.2, 0.25) is 0 Å². The Hall–Kier alpha value is -0.900. The second kappa shape index (κ2) is 3.48. The van der Waals surface area contributed by atoms with E-state index in [1.807, 2.05) is 11.7 Å². The molecule has 0 aliphatic heterocycles. The van der Waals surface area contributed by atoms with Gasteiger partial charge in [-0.15, -0.1) is 0 Å². The van der Waals surface area contributed by atoms with Crippen LogP contribution in [0.1, 0.15) is 19.9 Å². The topological polar surface area (TPSA) is 42.7 Å². The van der Waals surface area contributed by atoms with Crippen molar-refractivity contribution in [3.8, 4) is 0 Å². The molecule has 62 valence electrons. The Kier molecular flexibility index (Phi) is 2.59. The number of hydrogen-bond acceptors (Lipinski definition) is 3. The van der Waals surface area contributed by atoms with Crippen molar-refractivity contribution in [2.75, 3.05) is 7.05 Å². The van der Waals surface area contributed by atoms with Gasteiger partial charge in [-0.3, -0.25) is 0 Å². The predicted octanol–water partition coefficient (Wildman–Crippen LogP) is 0.447. The first-order valence-corrected chi connectivity index (χ1v) is 3.77. The first-order chi connectivity index (χ1) is 5.25. The van der Waals surface area contributed by atoms with E-state index in [-0.39, 0.29) is 0 Å². The van der Waals surface area contributed by atoms with Crippen molar-refractivity contribution in [2.45, 2.75) is 25.9 Å². The Balaban J connectivity index is 2.62. The summed E-state index contributed by atoms with van der Waals surface area (Å²) >= 11 is 0. The molecule has 1 aromatic rings. The lowest BCUT2D eigenvalue weighted by Gasteiger charge is -2.18. The van der Waals surface area contributed by atoms with E-state index in [1.54, 1.807) is 12.7 Å². The second-order valence-electron chi connectivity index (χ2n) is 2.69. The van der Waals surface area contributed by atoms with Crippen LogP contribution >= 0.6 is 0 Å². The number of rotatable bonds is 3. The summed E-state index contributed by atoms with van der Waals surface area (Å²) in [5.41, 5.74) is 0. The largest absolute Gasteiger partial charge is 0.315 e. The normalized spacial score (nSPS) is 16.3. The van der Waals surface area contributed by atoms with Gasteiger partial charge in [0.25, 0.3) is 0 Å². The molecular weight excluding hydrogens is 140 g/mol. The van der Waals surface area contributed by atoms with Gasteiger partial charge in [0.1, 0.15) is 12.7 Å². The summed E-state index contributed by atoms with van der Waals surface area (Å²) in [6.07, 6.45) is 3.29. The van der Waals surface area contributed by atoms with Crippen LogP contribution in [0.5, 0.6) is 0 Å². The Morgan fingerprint density at radius 2 is 2.18 bits per heavy atom. The Morgan fingerprint density at radius 3 is 2.64 bits per heavy atom. The molecule has 4 nitrogen and oxygen atoms in total. The van der Waals surface area contributed by atoms with E-state index in [0.29, 0.717) is 12.1 Å². The first-order valence-electron chi connectivity index (χ1n) is 3.77. The van der Waals surface area contributed by atoms with Crippen LogP contribution in [0.4, 0.5) is 0 Å². The minimum absolute atomic E-state index is 0.350. The van der Waals surface area contributed by atoms with Gasteiger partial charge in [-0.1, -0.05) is 0 Å². The monoisotopic (exact) mass is 154 g/mol. The summed E-state index contributed by atoms with van der Waals surface area (Å²) in [7, 11) is 1.94. The van der Waals surface area contributed by atoms with Crippen molar-refractivity contribution in [1.82, 2.24) is 20.1 Å². The van der Waals surface area contributed by atoms with E-state index >= 15 is 0 Å². The van der Waals surface area contributed by atoms with Gasteiger partial charge in [0.15, 0.2) is 0 Å². The zero-order valence-corrected chi connectivity index (χ0v) is 7.15. The average molecular weight is 154 g/mol. The molecule has 1 heterocycles. The summed E-state index contributed by atoms with van der Waals surface area (Å²) in [6, 6.07) is 0.763. The third-order valence-electron chi connectivity index (χ3n) is 2.03. The number of nitrogens with zero attached hydrogens (tertiary/aromatic N) is 3. The van der Waals surface area contributed by atoms with Crippen molar-refractivity contribution in [2.24, 2.45) is 0 Å². The molecule has 1 rings (SSSR count). The zero-order chi connectivity index (χ0) is 8.27. The minimum atomic E-state index is 0.350. The minimum Gasteiger partial charge on any atom is -0.315 e. The van der Waals surface area contributed by atoms with Crippen molar-refractivity contribution < 1.29 is 0 Å². The van der Waals surface area contributed by atoms with Gasteiger partial charge in [0.05, 0.1) is 6.04 Å². The van der Waals surface area contributed by atoms with Crippen LogP contribution in [0.3, 0.4) is 0 Å². The predicted molar refractivity (Wildman–Crippen MR) is 43.3 cm³/mol. The smallest absolute Gasteiger partial charge is 0.137 e. The van der Waals surface area contributed by atoms with Crippen molar-refractivity contribution in [3.05, 3.63) is 12.7 Å². The number of aromatic nitrogens is 3. The number of hydrogen-bond donors (Lipinski definition) is 1. The third kappa shape index (κ3) is 1.77. The molecule has 0 fully saturated rings. The summed E-state index contributed by atoms with van der Waals surface area (Å²) < 4.78 is 1.85. The van der Waals surface area contributed by atoms with E-state index < -0.39 is 0 Å². The molecule has 0 aliphatic rings. The fourth-order valence-electron chi connectivity index (χ4n) is 0.898. The van der Waals surface area contributed by atoms with Crippen molar-refractivity contribution in [1.29, 1.82) is 0 Å². The first kappa shape index (κ1) is 8.20. The van der Waals surface area contributed by atoms with Crippen LogP contribution in [-0.2, 0) is 0 Å². The average Bonchev–Trinajstić information content (AvgIpc) is 2.53. The van der Waals surface area contributed by atoms with Crippen LogP contribution in [0.25, 0.3) is 0 Å². The fraction of sp³-hybridized carbons (Fsp3) is 0.714. The van der Waals surface area contributed by atoms with E-state index in [4.69, 9.17) is 0 Å². The molecule has 0 saturated heterocycles. The highest BCUT2D eigenvalue weighted by Crippen LogP contribution is 2.06. The third-order valence-corrected chi connectivity index (χ3v) is 2.03. The Morgan fingerprint density at radius 1 is 1.45 bits per heavy atom. The molecule has 11 heavy (non-hydrogen) atoms. The number of likely N-dealkylation sites (N-methyl/N-ethyl adjacent to an activating group) is 1.